The molecule has 1 aliphatic rings. The minimum absolute atomic E-state index is 0.0353. The molecule has 0 spiro atoms. The fraction of sp³-hybridized carbons (Fsp3) is 0.440. The van der Waals surface area contributed by atoms with E-state index in [-0.39, 0.29) is 30.3 Å². The summed E-state index contributed by atoms with van der Waals surface area (Å²) in [4.78, 5) is 26.8. The van der Waals surface area contributed by atoms with Crippen LogP contribution in [0.4, 0.5) is 0 Å². The Bertz CT molecular complexity index is 874. The van der Waals surface area contributed by atoms with Crippen molar-refractivity contribution in [1.29, 1.82) is 0 Å². The average molecular weight is 424 g/mol. The van der Waals surface area contributed by atoms with Crippen molar-refractivity contribution in [2.75, 3.05) is 20.2 Å². The van der Waals surface area contributed by atoms with E-state index >= 15 is 0 Å². The molecule has 1 heterocycles. The van der Waals surface area contributed by atoms with E-state index in [1.807, 2.05) is 24.3 Å². The summed E-state index contributed by atoms with van der Waals surface area (Å²) in [6.07, 6.45) is 2.09. The first-order valence-electron chi connectivity index (χ1n) is 10.9. The molecule has 0 aliphatic carbocycles. The molecule has 2 aromatic carbocycles. The van der Waals surface area contributed by atoms with Crippen LogP contribution < -0.4 is 15.4 Å². The molecule has 3 rings (SSSR count). The number of benzene rings is 2. The van der Waals surface area contributed by atoms with Gasteiger partial charge in [0.05, 0.1) is 19.6 Å². The van der Waals surface area contributed by atoms with E-state index in [9.17, 15) is 9.59 Å². The zero-order valence-corrected chi connectivity index (χ0v) is 18.7. The smallest absolute Gasteiger partial charge is 0.222 e. The van der Waals surface area contributed by atoms with Crippen LogP contribution >= 0.6 is 0 Å². The summed E-state index contributed by atoms with van der Waals surface area (Å²) >= 11 is 0. The number of likely N-dealkylation sites (tertiary alicyclic amines) is 1. The number of ether oxygens (including phenoxy) is 1. The molecule has 1 saturated heterocycles. The van der Waals surface area contributed by atoms with Gasteiger partial charge in [0.25, 0.3) is 0 Å². The number of carbonyl (C=O) groups excluding carboxylic acids is 2. The molecular formula is C25H33N3O3. The van der Waals surface area contributed by atoms with E-state index in [0.717, 1.165) is 43.8 Å². The predicted octanol–water partition coefficient (Wildman–Crippen LogP) is 3.35. The van der Waals surface area contributed by atoms with Crippen molar-refractivity contribution in [2.45, 2.75) is 51.7 Å². The summed E-state index contributed by atoms with van der Waals surface area (Å²) < 4.78 is 5.19. The van der Waals surface area contributed by atoms with Gasteiger partial charge in [-0.3, -0.25) is 14.5 Å². The molecule has 2 N–H and O–H groups in total. The molecule has 0 aromatic heterocycles. The molecule has 0 bridgehead atoms. The number of nitrogens with zero attached hydrogens (tertiary/aromatic N) is 1. The van der Waals surface area contributed by atoms with Crippen molar-refractivity contribution in [3.05, 3.63) is 65.2 Å². The fourth-order valence-electron chi connectivity index (χ4n) is 4.07. The van der Waals surface area contributed by atoms with E-state index in [1.54, 1.807) is 7.11 Å². The summed E-state index contributed by atoms with van der Waals surface area (Å²) in [7, 11) is 1.61. The SMILES string of the molecule is COc1ccc([C@H](CC(=O)NC2CCN(Cc3ccccc3C)CC2)NC(C)=O)cc1. The third-order valence-corrected chi connectivity index (χ3v) is 5.89. The van der Waals surface area contributed by atoms with E-state index in [4.69, 9.17) is 4.74 Å². The maximum atomic E-state index is 12.7. The second-order valence-corrected chi connectivity index (χ2v) is 8.27. The lowest BCUT2D eigenvalue weighted by atomic mass is 10.0. The lowest BCUT2D eigenvalue weighted by Gasteiger charge is -2.33. The highest BCUT2D eigenvalue weighted by atomic mass is 16.5. The topological polar surface area (TPSA) is 70.7 Å². The molecule has 6 heteroatoms. The lowest BCUT2D eigenvalue weighted by Crippen LogP contribution is -2.45. The Kier molecular flexibility index (Phi) is 8.06. The van der Waals surface area contributed by atoms with Crippen LogP contribution in [0.1, 0.15) is 48.9 Å². The first-order chi connectivity index (χ1) is 14.9. The first-order valence-corrected chi connectivity index (χ1v) is 10.9. The van der Waals surface area contributed by atoms with E-state index in [2.05, 4.69) is 46.7 Å². The monoisotopic (exact) mass is 423 g/mol. The third-order valence-electron chi connectivity index (χ3n) is 5.89. The Morgan fingerprint density at radius 1 is 1.10 bits per heavy atom. The largest absolute Gasteiger partial charge is 0.497 e. The van der Waals surface area contributed by atoms with Crippen LogP contribution in [0.5, 0.6) is 5.75 Å². The highest BCUT2D eigenvalue weighted by Gasteiger charge is 2.23. The van der Waals surface area contributed by atoms with Crippen molar-refractivity contribution in [3.63, 3.8) is 0 Å². The summed E-state index contributed by atoms with van der Waals surface area (Å²) in [6.45, 7) is 6.50. The molecule has 0 unspecified atom stereocenters. The molecule has 2 aromatic rings. The van der Waals surface area contributed by atoms with Crippen molar-refractivity contribution in [1.82, 2.24) is 15.5 Å². The molecule has 1 fully saturated rings. The Hall–Kier alpha value is -2.86. The summed E-state index contributed by atoms with van der Waals surface area (Å²) in [5.41, 5.74) is 3.57. The van der Waals surface area contributed by atoms with Gasteiger partial charge in [-0.15, -0.1) is 0 Å². The van der Waals surface area contributed by atoms with Crippen LogP contribution in [0.15, 0.2) is 48.5 Å². The molecule has 0 saturated carbocycles. The van der Waals surface area contributed by atoms with Crippen molar-refractivity contribution in [2.24, 2.45) is 0 Å². The van der Waals surface area contributed by atoms with Gasteiger partial charge in [-0.1, -0.05) is 36.4 Å². The van der Waals surface area contributed by atoms with E-state index < -0.39 is 0 Å². The van der Waals surface area contributed by atoms with Gasteiger partial charge in [0.2, 0.25) is 11.8 Å². The molecule has 1 atom stereocenters. The minimum Gasteiger partial charge on any atom is -0.497 e. The van der Waals surface area contributed by atoms with Gasteiger partial charge in [0.1, 0.15) is 5.75 Å². The number of carbonyl (C=O) groups is 2. The van der Waals surface area contributed by atoms with Crippen LogP contribution in [0.25, 0.3) is 0 Å². The average Bonchev–Trinajstić information content (AvgIpc) is 2.76. The molecular weight excluding hydrogens is 390 g/mol. The van der Waals surface area contributed by atoms with Crippen LogP contribution in [0, 0.1) is 6.92 Å². The maximum absolute atomic E-state index is 12.7. The Morgan fingerprint density at radius 3 is 2.39 bits per heavy atom. The van der Waals surface area contributed by atoms with Crippen LogP contribution in [-0.4, -0.2) is 43.0 Å². The fourth-order valence-corrected chi connectivity index (χ4v) is 4.07. The van der Waals surface area contributed by atoms with Gasteiger partial charge in [-0.05, 0) is 48.6 Å². The standard InChI is InChI=1S/C25H33N3O3/c1-18-6-4-5-7-21(18)17-28-14-12-22(13-15-28)27-25(30)16-24(26-19(2)29)20-8-10-23(31-3)11-9-20/h4-11,22,24H,12-17H2,1-3H3,(H,26,29)(H,27,30)/t24-/m0/s1. The number of methoxy groups -OCH3 is 1. The predicted molar refractivity (Wildman–Crippen MR) is 122 cm³/mol. The van der Waals surface area contributed by atoms with Gasteiger partial charge in [-0.2, -0.15) is 0 Å². The molecule has 2 amide bonds. The number of nitrogens with one attached hydrogen (secondary N) is 2. The number of piperidine rings is 1. The van der Waals surface area contributed by atoms with Gasteiger partial charge in [0, 0.05) is 32.6 Å². The molecule has 31 heavy (non-hydrogen) atoms. The summed E-state index contributed by atoms with van der Waals surface area (Å²) in [5, 5.41) is 6.06. The van der Waals surface area contributed by atoms with E-state index in [0.29, 0.717) is 0 Å². The number of aryl methyl sites for hydroxylation is 1. The number of rotatable bonds is 8. The normalized spacial score (nSPS) is 15.8. The number of hydrogen-bond acceptors (Lipinski definition) is 4. The van der Waals surface area contributed by atoms with Crippen LogP contribution in [0.3, 0.4) is 0 Å². The van der Waals surface area contributed by atoms with Crippen molar-refractivity contribution in [3.8, 4) is 5.75 Å². The Labute approximate surface area is 185 Å². The lowest BCUT2D eigenvalue weighted by molar-refractivity contribution is -0.123. The van der Waals surface area contributed by atoms with Gasteiger partial charge >= 0.3 is 0 Å². The van der Waals surface area contributed by atoms with Crippen LogP contribution in [0.2, 0.25) is 0 Å². The molecule has 6 nitrogen and oxygen atoms in total. The maximum Gasteiger partial charge on any atom is 0.222 e. The minimum atomic E-state index is -0.357. The number of hydrogen-bond donors (Lipinski definition) is 2. The van der Waals surface area contributed by atoms with Gasteiger partial charge < -0.3 is 15.4 Å². The highest BCUT2D eigenvalue weighted by molar-refractivity contribution is 5.79. The zero-order chi connectivity index (χ0) is 22.2. The quantitative estimate of drug-likeness (QED) is 0.683. The second kappa shape index (κ2) is 11.0. The zero-order valence-electron chi connectivity index (χ0n) is 18.7. The Morgan fingerprint density at radius 2 is 1.77 bits per heavy atom. The first kappa shape index (κ1) is 22.8. The second-order valence-electron chi connectivity index (χ2n) is 8.27. The molecule has 0 radical (unpaired) electrons. The third kappa shape index (κ3) is 6.82. The summed E-state index contributed by atoms with van der Waals surface area (Å²) in [5.74, 6) is 0.553. The Balaban J connectivity index is 1.50. The summed E-state index contributed by atoms with van der Waals surface area (Å²) in [6, 6.07) is 15.8. The van der Waals surface area contributed by atoms with E-state index in [1.165, 1.54) is 18.1 Å². The van der Waals surface area contributed by atoms with Gasteiger partial charge in [-0.25, -0.2) is 0 Å². The van der Waals surface area contributed by atoms with Crippen LogP contribution in [-0.2, 0) is 16.1 Å². The van der Waals surface area contributed by atoms with Crippen molar-refractivity contribution < 1.29 is 14.3 Å². The number of amides is 2. The molecule has 166 valence electrons. The molecule has 1 aliphatic heterocycles. The highest BCUT2D eigenvalue weighted by Crippen LogP contribution is 2.21. The van der Waals surface area contributed by atoms with Gasteiger partial charge in [0.15, 0.2) is 0 Å². The van der Waals surface area contributed by atoms with Crippen molar-refractivity contribution >= 4 is 11.8 Å².